The molecule has 43 heavy (non-hydrogen) atoms. The normalized spacial score (nSPS) is 13.3. The van der Waals surface area contributed by atoms with Gasteiger partial charge in [-0.25, -0.2) is 4.79 Å². The van der Waals surface area contributed by atoms with Crippen LogP contribution in [0.5, 0.6) is 5.75 Å². The number of unbranched alkanes of at least 4 members (excludes halogenated alkanes) is 11. The first-order valence-electron chi connectivity index (χ1n) is 17.2. The van der Waals surface area contributed by atoms with E-state index in [0.717, 1.165) is 103 Å². The van der Waals surface area contributed by atoms with Crippen LogP contribution in [-0.4, -0.2) is 28.3 Å². The van der Waals surface area contributed by atoms with E-state index in [1.807, 2.05) is 0 Å². The largest absolute Gasteiger partial charge is 0.514 e. The van der Waals surface area contributed by atoms with Crippen LogP contribution in [0, 0.1) is 22.0 Å². The molecule has 0 heterocycles. The smallest absolute Gasteiger partial charge is 0.481 e. The standard InChI is InChI=1S/C35H59NO7/c1-4-7-10-15-20-29(19-9-6-3)28-30(34(37)38)21-16-13-12-14-18-23-32(22-17-11-8-5-2)42-35(39)43-33-26-24-31(25-27-33)36(40)41/h24-27,29-30,32H,4-23,28H2,1-3H3,(H,37,38). The van der Waals surface area contributed by atoms with Crippen molar-refractivity contribution < 1.29 is 29.1 Å². The minimum Gasteiger partial charge on any atom is -0.481 e. The number of hydrogen-bond donors (Lipinski definition) is 1. The number of benzene rings is 1. The first-order valence-corrected chi connectivity index (χ1v) is 17.2. The summed E-state index contributed by atoms with van der Waals surface area (Å²) < 4.78 is 10.9. The Hall–Kier alpha value is -2.64. The third-order valence-electron chi connectivity index (χ3n) is 8.37. The van der Waals surface area contributed by atoms with E-state index in [1.165, 1.54) is 56.4 Å². The molecule has 0 aromatic heterocycles. The van der Waals surface area contributed by atoms with Gasteiger partial charge in [-0.3, -0.25) is 14.9 Å². The molecule has 1 aromatic carbocycles. The molecule has 0 aliphatic heterocycles. The molecule has 0 saturated carbocycles. The summed E-state index contributed by atoms with van der Waals surface area (Å²) in [7, 11) is 0. The summed E-state index contributed by atoms with van der Waals surface area (Å²) in [6.45, 7) is 6.59. The molecule has 246 valence electrons. The van der Waals surface area contributed by atoms with Crippen molar-refractivity contribution in [2.45, 2.75) is 162 Å². The Labute approximate surface area is 260 Å². The van der Waals surface area contributed by atoms with Gasteiger partial charge in [-0.1, -0.05) is 117 Å². The number of nitrogens with zero attached hydrogens (tertiary/aromatic N) is 1. The van der Waals surface area contributed by atoms with Crippen molar-refractivity contribution in [3.63, 3.8) is 0 Å². The summed E-state index contributed by atoms with van der Waals surface area (Å²) in [5.74, 6) is -0.137. The fraction of sp³-hybridized carbons (Fsp3) is 0.771. The summed E-state index contributed by atoms with van der Waals surface area (Å²) >= 11 is 0. The van der Waals surface area contributed by atoms with E-state index < -0.39 is 17.0 Å². The second-order valence-corrected chi connectivity index (χ2v) is 12.2. The van der Waals surface area contributed by atoms with Gasteiger partial charge in [-0.15, -0.1) is 0 Å². The first-order chi connectivity index (χ1) is 20.8. The van der Waals surface area contributed by atoms with Crippen molar-refractivity contribution in [2.24, 2.45) is 11.8 Å². The van der Waals surface area contributed by atoms with Crippen LogP contribution in [0.15, 0.2) is 24.3 Å². The maximum Gasteiger partial charge on any atom is 0.514 e. The quantitative estimate of drug-likeness (QED) is 0.0348. The highest BCUT2D eigenvalue weighted by Gasteiger charge is 2.22. The zero-order valence-corrected chi connectivity index (χ0v) is 27.2. The number of ether oxygens (including phenoxy) is 2. The van der Waals surface area contributed by atoms with Crippen LogP contribution in [0.1, 0.15) is 156 Å². The van der Waals surface area contributed by atoms with Crippen LogP contribution in [0.4, 0.5) is 10.5 Å². The lowest BCUT2D eigenvalue weighted by atomic mass is 9.84. The Balaban J connectivity index is 2.45. The van der Waals surface area contributed by atoms with Crippen molar-refractivity contribution in [1.29, 1.82) is 0 Å². The number of carbonyl (C=O) groups excluding carboxylic acids is 1. The average Bonchev–Trinajstić information content (AvgIpc) is 2.98. The van der Waals surface area contributed by atoms with Crippen LogP contribution < -0.4 is 4.74 Å². The van der Waals surface area contributed by atoms with Gasteiger partial charge in [0.15, 0.2) is 0 Å². The number of nitro benzene ring substituents is 1. The molecule has 0 fully saturated rings. The minimum atomic E-state index is -0.781. The summed E-state index contributed by atoms with van der Waals surface area (Å²) in [4.78, 5) is 34.8. The molecule has 1 aromatic rings. The van der Waals surface area contributed by atoms with Gasteiger partial charge < -0.3 is 14.6 Å². The minimum absolute atomic E-state index is 0.0676. The first kappa shape index (κ1) is 38.4. The van der Waals surface area contributed by atoms with Crippen LogP contribution in [0.3, 0.4) is 0 Å². The molecule has 0 spiro atoms. The molecule has 0 amide bonds. The van der Waals surface area contributed by atoms with Crippen molar-refractivity contribution in [3.05, 3.63) is 34.4 Å². The average molecular weight is 606 g/mol. The van der Waals surface area contributed by atoms with Gasteiger partial charge >= 0.3 is 12.1 Å². The van der Waals surface area contributed by atoms with Crippen molar-refractivity contribution in [2.75, 3.05) is 0 Å². The van der Waals surface area contributed by atoms with E-state index in [0.29, 0.717) is 5.92 Å². The van der Waals surface area contributed by atoms with Crippen molar-refractivity contribution in [3.8, 4) is 5.75 Å². The molecular weight excluding hydrogens is 546 g/mol. The molecular formula is C35H59NO7. The molecule has 1 rings (SSSR count). The molecule has 0 aliphatic carbocycles. The third kappa shape index (κ3) is 19.3. The summed E-state index contributed by atoms with van der Waals surface area (Å²) in [6, 6.07) is 5.37. The predicted octanol–water partition coefficient (Wildman–Crippen LogP) is 11.0. The number of carbonyl (C=O) groups is 2. The molecule has 3 atom stereocenters. The Kier molecular flexibility index (Phi) is 22.1. The highest BCUT2D eigenvalue weighted by molar-refractivity contribution is 5.69. The molecule has 0 radical (unpaired) electrons. The lowest BCUT2D eigenvalue weighted by Crippen LogP contribution is -2.21. The fourth-order valence-electron chi connectivity index (χ4n) is 5.72. The Morgan fingerprint density at radius 2 is 1.21 bits per heavy atom. The third-order valence-corrected chi connectivity index (χ3v) is 8.37. The van der Waals surface area contributed by atoms with E-state index >= 15 is 0 Å². The highest BCUT2D eigenvalue weighted by atomic mass is 16.7. The molecule has 1 N–H and O–H groups in total. The molecule has 8 heteroatoms. The molecule has 0 bridgehead atoms. The van der Waals surface area contributed by atoms with Crippen LogP contribution >= 0.6 is 0 Å². The van der Waals surface area contributed by atoms with Gasteiger partial charge in [-0.05, 0) is 56.6 Å². The van der Waals surface area contributed by atoms with Crippen LogP contribution in [0.25, 0.3) is 0 Å². The monoisotopic (exact) mass is 605 g/mol. The number of non-ortho nitro benzene ring substituents is 1. The Bertz CT molecular complexity index is 873. The zero-order valence-electron chi connectivity index (χ0n) is 27.2. The van der Waals surface area contributed by atoms with Crippen LogP contribution in [0.2, 0.25) is 0 Å². The topological polar surface area (TPSA) is 116 Å². The Morgan fingerprint density at radius 1 is 0.721 bits per heavy atom. The van der Waals surface area contributed by atoms with Crippen molar-refractivity contribution in [1.82, 2.24) is 0 Å². The summed E-state index contributed by atoms with van der Waals surface area (Å²) in [5, 5.41) is 20.7. The predicted molar refractivity (Wildman–Crippen MR) is 173 cm³/mol. The maximum atomic E-state index is 12.4. The van der Waals surface area contributed by atoms with Gasteiger partial charge in [0.1, 0.15) is 11.9 Å². The van der Waals surface area contributed by atoms with Gasteiger partial charge in [0, 0.05) is 12.1 Å². The van der Waals surface area contributed by atoms with Gasteiger partial charge in [0.05, 0.1) is 10.8 Å². The molecule has 8 nitrogen and oxygen atoms in total. The van der Waals surface area contributed by atoms with Gasteiger partial charge in [0.25, 0.3) is 5.69 Å². The van der Waals surface area contributed by atoms with Crippen LogP contribution in [-0.2, 0) is 9.53 Å². The number of aliphatic carboxylic acids is 1. The number of nitro groups is 1. The number of carboxylic acid groups (broad SMARTS) is 1. The van der Waals surface area contributed by atoms with E-state index in [2.05, 4.69) is 20.8 Å². The second kappa shape index (κ2) is 24.8. The van der Waals surface area contributed by atoms with E-state index in [-0.39, 0.29) is 23.5 Å². The number of carboxylic acids is 1. The zero-order chi connectivity index (χ0) is 31.7. The number of rotatable bonds is 27. The summed E-state index contributed by atoms with van der Waals surface area (Å²) in [6.07, 6.45) is 21.0. The molecule has 0 saturated heterocycles. The van der Waals surface area contributed by atoms with E-state index in [4.69, 9.17) is 9.47 Å². The summed E-state index contributed by atoms with van der Waals surface area (Å²) in [5.41, 5.74) is -0.0676. The Morgan fingerprint density at radius 3 is 1.74 bits per heavy atom. The SMILES string of the molecule is CCCCCCC(CCCC)CC(CCCCCCCC(CCCCCC)OC(=O)Oc1ccc([N+](=O)[O-])cc1)C(=O)O. The van der Waals surface area contributed by atoms with Gasteiger partial charge in [-0.2, -0.15) is 0 Å². The fourth-order valence-corrected chi connectivity index (χ4v) is 5.72. The molecule has 0 aliphatic rings. The highest BCUT2D eigenvalue weighted by Crippen LogP contribution is 2.28. The lowest BCUT2D eigenvalue weighted by molar-refractivity contribution is -0.384. The van der Waals surface area contributed by atoms with E-state index in [9.17, 15) is 24.8 Å². The second-order valence-electron chi connectivity index (χ2n) is 12.2. The maximum absolute atomic E-state index is 12.4. The van der Waals surface area contributed by atoms with Crippen molar-refractivity contribution >= 4 is 17.8 Å². The van der Waals surface area contributed by atoms with E-state index in [1.54, 1.807) is 0 Å². The van der Waals surface area contributed by atoms with Gasteiger partial charge in [0.2, 0.25) is 0 Å². The molecule has 3 unspecified atom stereocenters. The number of hydrogen-bond acceptors (Lipinski definition) is 6. The lowest BCUT2D eigenvalue weighted by Gasteiger charge is -2.21.